The molecular formula is C27H31F4N3O10S. The first-order valence-electron chi connectivity index (χ1n) is 13.2. The fraction of sp³-hybridized carbons (Fsp3) is 0.407. The summed E-state index contributed by atoms with van der Waals surface area (Å²) >= 11 is 0. The average Bonchev–Trinajstić information content (AvgIpc) is 3.23. The predicted molar refractivity (Wildman–Crippen MR) is 148 cm³/mol. The number of carboxylic acid groups (broad SMARTS) is 1. The molecule has 1 aliphatic heterocycles. The number of aliphatic carboxylic acids is 1. The molecule has 2 aromatic rings. The summed E-state index contributed by atoms with van der Waals surface area (Å²) in [6.45, 7) is 0.648. The van der Waals surface area contributed by atoms with E-state index < -0.39 is 57.1 Å². The number of nitrogens with two attached hydrogens (primary N) is 1. The molecule has 0 radical (unpaired) electrons. The Kier molecular flexibility index (Phi) is 13.1. The summed E-state index contributed by atoms with van der Waals surface area (Å²) in [7, 11) is -2.76. The van der Waals surface area contributed by atoms with Crippen LogP contribution in [-0.2, 0) is 35.6 Å². The molecule has 0 bridgehead atoms. The second-order valence-electron chi connectivity index (χ2n) is 9.57. The Morgan fingerprint density at radius 1 is 1.16 bits per heavy atom. The number of aromatic hydroxyl groups is 1. The van der Waals surface area contributed by atoms with Crippen molar-refractivity contribution in [1.29, 1.82) is 0 Å². The minimum absolute atomic E-state index is 0.0396. The third kappa shape index (κ3) is 10.9. The molecule has 1 saturated heterocycles. The maximum atomic E-state index is 14.6. The van der Waals surface area contributed by atoms with E-state index in [0.717, 1.165) is 6.07 Å². The van der Waals surface area contributed by atoms with Gasteiger partial charge in [0.25, 0.3) is 0 Å². The maximum Gasteiger partial charge on any atom is 0.490 e. The van der Waals surface area contributed by atoms with Gasteiger partial charge in [0.1, 0.15) is 28.1 Å². The zero-order valence-corrected chi connectivity index (χ0v) is 24.5. The number of amides is 2. The predicted octanol–water partition coefficient (Wildman–Crippen LogP) is 2.08. The summed E-state index contributed by atoms with van der Waals surface area (Å²) in [6, 6.07) is 7.44. The normalized spacial score (nSPS) is 16.0. The van der Waals surface area contributed by atoms with E-state index >= 15 is 0 Å². The molecule has 1 heterocycles. The molecule has 6 N–H and O–H groups in total. The molecule has 13 nitrogen and oxygen atoms in total. The number of carbonyl (C=O) groups is 4. The van der Waals surface area contributed by atoms with E-state index in [1.54, 1.807) is 12.1 Å². The number of hydrogen-bond donors (Lipinski definition) is 5. The monoisotopic (exact) mass is 665 g/mol. The molecule has 0 aromatic heterocycles. The highest BCUT2D eigenvalue weighted by atomic mass is 32.2. The van der Waals surface area contributed by atoms with E-state index in [0.29, 0.717) is 31.4 Å². The highest BCUT2D eigenvalue weighted by molar-refractivity contribution is 7.90. The van der Waals surface area contributed by atoms with Crippen molar-refractivity contribution in [1.82, 2.24) is 10.0 Å². The van der Waals surface area contributed by atoms with Crippen LogP contribution in [0.4, 0.5) is 17.6 Å². The van der Waals surface area contributed by atoms with Crippen LogP contribution in [-0.4, -0.2) is 74.9 Å². The van der Waals surface area contributed by atoms with Gasteiger partial charge in [-0.15, -0.1) is 0 Å². The van der Waals surface area contributed by atoms with Crippen molar-refractivity contribution in [2.24, 2.45) is 5.73 Å². The molecule has 1 unspecified atom stereocenters. The van der Waals surface area contributed by atoms with Gasteiger partial charge in [-0.05, 0) is 49.4 Å². The number of alkyl halides is 3. The Bertz CT molecular complexity index is 1500. The average molecular weight is 666 g/mol. The largest absolute Gasteiger partial charge is 0.507 e. The smallest absolute Gasteiger partial charge is 0.490 e. The highest BCUT2D eigenvalue weighted by Crippen LogP contribution is 2.32. The molecule has 1 fully saturated rings. The number of hydrogen-bond acceptors (Lipinski definition) is 10. The fourth-order valence-corrected chi connectivity index (χ4v) is 5.45. The third-order valence-electron chi connectivity index (χ3n) is 6.22. The Hall–Kier alpha value is -4.45. The Morgan fingerprint density at radius 2 is 1.82 bits per heavy atom. The van der Waals surface area contributed by atoms with Gasteiger partial charge < -0.3 is 30.7 Å². The lowest BCUT2D eigenvalue weighted by Crippen LogP contribution is -2.42. The van der Waals surface area contributed by atoms with E-state index in [2.05, 4.69) is 10.1 Å². The van der Waals surface area contributed by atoms with Gasteiger partial charge in [0.2, 0.25) is 21.8 Å². The molecule has 2 amide bonds. The van der Waals surface area contributed by atoms with Crippen molar-refractivity contribution in [2.75, 3.05) is 20.3 Å². The molecular weight excluding hydrogens is 634 g/mol. The van der Waals surface area contributed by atoms with Crippen molar-refractivity contribution in [3.05, 3.63) is 58.9 Å². The fourth-order valence-electron chi connectivity index (χ4n) is 4.01. The highest BCUT2D eigenvalue weighted by Gasteiger charge is 2.39. The summed E-state index contributed by atoms with van der Waals surface area (Å²) < 4.78 is 82.4. The molecule has 45 heavy (non-hydrogen) atoms. The van der Waals surface area contributed by atoms with Crippen molar-refractivity contribution < 1.29 is 64.8 Å². The molecule has 248 valence electrons. The number of phenols is 1. The van der Waals surface area contributed by atoms with Crippen molar-refractivity contribution in [2.45, 2.75) is 49.6 Å². The summed E-state index contributed by atoms with van der Waals surface area (Å²) in [5, 5.41) is 18.4. The summed E-state index contributed by atoms with van der Waals surface area (Å²) in [5.41, 5.74) is 6.21. The van der Waals surface area contributed by atoms with Crippen LogP contribution < -0.4 is 20.5 Å². The van der Waals surface area contributed by atoms with Crippen LogP contribution in [0.3, 0.4) is 0 Å². The zero-order valence-electron chi connectivity index (χ0n) is 23.7. The lowest BCUT2D eigenvalue weighted by atomic mass is 10.0. The number of phenolic OH excluding ortho intramolecular Hbond substituents is 1. The molecule has 0 saturated carbocycles. The number of carbonyl (C=O) groups excluding carboxylic acids is 3. The lowest BCUT2D eigenvalue weighted by Gasteiger charge is -2.14. The van der Waals surface area contributed by atoms with E-state index in [4.69, 9.17) is 20.4 Å². The van der Waals surface area contributed by atoms with Crippen LogP contribution in [0.1, 0.15) is 52.4 Å². The van der Waals surface area contributed by atoms with E-state index in [9.17, 15) is 45.5 Å². The number of ether oxygens (including phenoxy) is 2. The number of carboxylic acids is 1. The van der Waals surface area contributed by atoms with Crippen molar-refractivity contribution in [3.63, 3.8) is 0 Å². The minimum Gasteiger partial charge on any atom is -0.507 e. The van der Waals surface area contributed by atoms with E-state index in [1.807, 2.05) is 4.72 Å². The molecule has 2 aromatic carbocycles. The third-order valence-corrected chi connectivity index (χ3v) is 7.90. The second-order valence-corrected chi connectivity index (χ2v) is 11.4. The zero-order chi connectivity index (χ0) is 33.9. The Balaban J connectivity index is 0.000000900. The minimum atomic E-state index is -5.08. The van der Waals surface area contributed by atoms with Crippen LogP contribution in [0.25, 0.3) is 0 Å². The number of nitrogens with one attached hydrogen (secondary N) is 2. The number of sulfonamides is 1. The number of halogens is 4. The van der Waals surface area contributed by atoms with E-state index in [-0.39, 0.29) is 42.1 Å². The molecule has 18 heteroatoms. The van der Waals surface area contributed by atoms with Crippen LogP contribution in [0.2, 0.25) is 0 Å². The van der Waals surface area contributed by atoms with Gasteiger partial charge in [0.15, 0.2) is 0 Å². The first kappa shape index (κ1) is 36.7. The first-order chi connectivity index (χ1) is 21.0. The van der Waals surface area contributed by atoms with Gasteiger partial charge in [-0.25, -0.2) is 22.4 Å². The van der Waals surface area contributed by atoms with Gasteiger partial charge in [-0.1, -0.05) is 18.2 Å². The van der Waals surface area contributed by atoms with Gasteiger partial charge in [-0.3, -0.25) is 14.3 Å². The van der Waals surface area contributed by atoms with Gasteiger partial charge in [-0.2, -0.15) is 13.2 Å². The second kappa shape index (κ2) is 16.0. The van der Waals surface area contributed by atoms with Gasteiger partial charge in [0.05, 0.1) is 26.2 Å². The summed E-state index contributed by atoms with van der Waals surface area (Å²) in [6.07, 6.45) is -3.43. The molecule has 1 aliphatic rings. The number of benzene rings is 2. The van der Waals surface area contributed by atoms with E-state index in [1.165, 1.54) is 25.3 Å². The molecule has 3 rings (SSSR count). The van der Waals surface area contributed by atoms with Crippen LogP contribution in [0.15, 0.2) is 36.4 Å². The Labute approximate surface area is 254 Å². The summed E-state index contributed by atoms with van der Waals surface area (Å²) in [4.78, 5) is 44.4. The Morgan fingerprint density at radius 3 is 2.38 bits per heavy atom. The van der Waals surface area contributed by atoms with Crippen molar-refractivity contribution >= 4 is 33.8 Å². The number of rotatable bonds is 12. The van der Waals surface area contributed by atoms with Crippen LogP contribution >= 0.6 is 0 Å². The quantitative estimate of drug-likeness (QED) is 0.126. The topological polar surface area (TPSA) is 211 Å². The lowest BCUT2D eigenvalue weighted by molar-refractivity contribution is -0.192. The SMILES string of the molecule is COC(=O)c1c(O)cccc1OCCCCCNC(=O)[C@@H](N)Cc1ccc(C2CC(=O)NS2(=O)=O)c(F)c1.O=C(O)C(F)(F)F. The van der Waals surface area contributed by atoms with Gasteiger partial charge >= 0.3 is 18.1 Å². The standard InChI is InChI=1S/C25H30FN3O8S.C2HF3O2/c1-36-25(33)23-19(30)6-5-7-20(23)37-11-4-2-3-10-28-24(32)18(27)13-15-8-9-16(17(26)12-15)21-14-22(31)29-38(21,34)35;3-2(4,5)1(6)7/h5-9,12,18,21,30H,2-4,10-11,13-14,27H2,1H3,(H,28,32)(H,29,31);(H,6,7)/t18-,21?;/m0./s1. The molecule has 0 spiro atoms. The molecule has 0 aliphatic carbocycles. The number of methoxy groups -OCH3 is 1. The summed E-state index contributed by atoms with van der Waals surface area (Å²) in [5.74, 6) is -5.36. The van der Waals surface area contributed by atoms with Crippen LogP contribution in [0, 0.1) is 5.82 Å². The first-order valence-corrected chi connectivity index (χ1v) is 14.7. The van der Waals surface area contributed by atoms with Crippen LogP contribution in [0.5, 0.6) is 11.5 Å². The maximum absolute atomic E-state index is 14.6. The number of unbranched alkanes of at least 4 members (excludes halogenated alkanes) is 2. The van der Waals surface area contributed by atoms with Crippen molar-refractivity contribution in [3.8, 4) is 11.5 Å². The number of esters is 1. The molecule has 2 atom stereocenters. The van der Waals surface area contributed by atoms with Gasteiger partial charge in [0, 0.05) is 12.1 Å².